The molecule has 1 atom stereocenters. The van der Waals surface area contributed by atoms with Crippen molar-refractivity contribution in [2.75, 3.05) is 0 Å². The van der Waals surface area contributed by atoms with E-state index >= 15 is 0 Å². The molecule has 0 aliphatic rings. The van der Waals surface area contributed by atoms with Crippen LogP contribution in [0, 0.1) is 13.8 Å². The summed E-state index contributed by atoms with van der Waals surface area (Å²) < 4.78 is 1.92. The smallest absolute Gasteiger partial charge is 0.0628 e. The summed E-state index contributed by atoms with van der Waals surface area (Å²) in [5, 5.41) is 4.41. The molecule has 1 aromatic rings. The van der Waals surface area contributed by atoms with Gasteiger partial charge in [0.2, 0.25) is 0 Å². The molecule has 0 bridgehead atoms. The zero-order valence-corrected chi connectivity index (χ0v) is 10.5. The minimum Gasteiger partial charge on any atom is -0.272 e. The Bertz CT molecular complexity index is 354. The number of hydrogen-bond donors (Lipinski definition) is 2. The topological polar surface area (TPSA) is 55.9 Å². The number of nitrogens with two attached hydrogens (primary N) is 1. The first-order chi connectivity index (χ1) is 7.60. The van der Waals surface area contributed by atoms with Gasteiger partial charge >= 0.3 is 0 Å². The summed E-state index contributed by atoms with van der Waals surface area (Å²) in [7, 11) is 1.97. The highest BCUT2D eigenvalue weighted by molar-refractivity contribution is 5.25. The van der Waals surface area contributed by atoms with Crippen molar-refractivity contribution in [3.63, 3.8) is 0 Å². The molecule has 16 heavy (non-hydrogen) atoms. The van der Waals surface area contributed by atoms with Gasteiger partial charge in [-0.25, -0.2) is 0 Å². The molecular weight excluding hydrogens is 200 g/mol. The monoisotopic (exact) mass is 222 g/mol. The average molecular weight is 222 g/mol. The molecule has 1 heterocycles. The van der Waals surface area contributed by atoms with Crippen LogP contribution in [0.15, 0.2) is 12.7 Å². The van der Waals surface area contributed by atoms with E-state index in [0.717, 1.165) is 25.0 Å². The fourth-order valence-electron chi connectivity index (χ4n) is 1.92. The van der Waals surface area contributed by atoms with Gasteiger partial charge in [0, 0.05) is 18.8 Å². The Labute approximate surface area is 97.5 Å². The second-order valence-corrected chi connectivity index (χ2v) is 4.21. The SMILES string of the molecule is C=CCCC(Cc1c(C)nn(C)c1C)NN. The van der Waals surface area contributed by atoms with Crippen molar-refractivity contribution in [3.05, 3.63) is 29.6 Å². The molecule has 0 fully saturated rings. The van der Waals surface area contributed by atoms with E-state index in [0.29, 0.717) is 6.04 Å². The first-order valence-electron chi connectivity index (χ1n) is 5.66. The summed E-state index contributed by atoms with van der Waals surface area (Å²) in [4.78, 5) is 0. The van der Waals surface area contributed by atoms with Gasteiger partial charge in [-0.05, 0) is 38.7 Å². The van der Waals surface area contributed by atoms with Gasteiger partial charge in [0.15, 0.2) is 0 Å². The Morgan fingerprint density at radius 1 is 1.56 bits per heavy atom. The molecule has 0 spiro atoms. The molecule has 1 unspecified atom stereocenters. The summed E-state index contributed by atoms with van der Waals surface area (Å²) >= 11 is 0. The van der Waals surface area contributed by atoms with Crippen LogP contribution in [-0.4, -0.2) is 15.8 Å². The fraction of sp³-hybridized carbons (Fsp3) is 0.583. The summed E-state index contributed by atoms with van der Waals surface area (Å²) in [5.41, 5.74) is 6.48. The third kappa shape index (κ3) is 2.93. The molecular formula is C12H22N4. The zero-order valence-electron chi connectivity index (χ0n) is 10.5. The number of nitrogens with zero attached hydrogens (tertiary/aromatic N) is 2. The second-order valence-electron chi connectivity index (χ2n) is 4.21. The molecule has 90 valence electrons. The maximum Gasteiger partial charge on any atom is 0.0628 e. The van der Waals surface area contributed by atoms with E-state index in [-0.39, 0.29) is 0 Å². The van der Waals surface area contributed by atoms with Gasteiger partial charge in [0.1, 0.15) is 0 Å². The summed E-state index contributed by atoms with van der Waals surface area (Å²) in [6.07, 6.45) is 4.84. The molecule has 0 aromatic carbocycles. The predicted octanol–water partition coefficient (Wildman–Crippen LogP) is 1.38. The molecule has 1 rings (SSSR count). The van der Waals surface area contributed by atoms with E-state index < -0.39 is 0 Å². The number of aromatic nitrogens is 2. The van der Waals surface area contributed by atoms with Crippen LogP contribution >= 0.6 is 0 Å². The van der Waals surface area contributed by atoms with E-state index in [2.05, 4.69) is 24.0 Å². The van der Waals surface area contributed by atoms with Crippen LogP contribution in [0.2, 0.25) is 0 Å². The second kappa shape index (κ2) is 5.82. The number of hydrazine groups is 1. The maximum atomic E-state index is 5.56. The van der Waals surface area contributed by atoms with Gasteiger partial charge in [-0.1, -0.05) is 6.08 Å². The van der Waals surface area contributed by atoms with Gasteiger partial charge < -0.3 is 0 Å². The van der Waals surface area contributed by atoms with Crippen molar-refractivity contribution in [2.24, 2.45) is 12.9 Å². The van der Waals surface area contributed by atoms with Crippen LogP contribution < -0.4 is 11.3 Å². The first kappa shape index (κ1) is 12.9. The zero-order chi connectivity index (χ0) is 12.1. The van der Waals surface area contributed by atoms with Crippen molar-refractivity contribution >= 4 is 0 Å². The molecule has 0 saturated carbocycles. The van der Waals surface area contributed by atoms with Crippen LogP contribution in [0.1, 0.15) is 29.8 Å². The Balaban J connectivity index is 2.73. The van der Waals surface area contributed by atoms with Crippen molar-refractivity contribution in [2.45, 2.75) is 39.2 Å². The van der Waals surface area contributed by atoms with Crippen LogP contribution in [0.3, 0.4) is 0 Å². The number of aryl methyl sites for hydroxylation is 2. The number of allylic oxidation sites excluding steroid dienone is 1. The van der Waals surface area contributed by atoms with Crippen molar-refractivity contribution < 1.29 is 0 Å². The van der Waals surface area contributed by atoms with Gasteiger partial charge in [0.05, 0.1) is 5.69 Å². The third-order valence-corrected chi connectivity index (χ3v) is 3.06. The maximum absolute atomic E-state index is 5.56. The van der Waals surface area contributed by atoms with E-state index in [1.54, 1.807) is 0 Å². The van der Waals surface area contributed by atoms with Crippen molar-refractivity contribution in [1.29, 1.82) is 0 Å². The first-order valence-corrected chi connectivity index (χ1v) is 5.66. The third-order valence-electron chi connectivity index (χ3n) is 3.06. The summed E-state index contributed by atoms with van der Waals surface area (Å²) in [5.74, 6) is 5.56. The molecule has 3 N–H and O–H groups in total. The Kier molecular flexibility index (Phi) is 4.71. The highest BCUT2D eigenvalue weighted by atomic mass is 15.3. The van der Waals surface area contributed by atoms with E-state index in [4.69, 9.17) is 5.84 Å². The quantitative estimate of drug-likeness (QED) is 0.434. The van der Waals surface area contributed by atoms with Crippen LogP contribution in [0.25, 0.3) is 0 Å². The van der Waals surface area contributed by atoms with Crippen LogP contribution in [0.5, 0.6) is 0 Å². The molecule has 0 aliphatic heterocycles. The molecule has 0 aliphatic carbocycles. The normalized spacial score (nSPS) is 12.8. The Hall–Kier alpha value is -1.13. The highest BCUT2D eigenvalue weighted by Crippen LogP contribution is 2.15. The molecule has 0 radical (unpaired) electrons. The molecule has 1 aromatic heterocycles. The van der Waals surface area contributed by atoms with Crippen molar-refractivity contribution in [3.8, 4) is 0 Å². The standard InChI is InChI=1S/C12H22N4/c1-5-6-7-11(14-13)8-12-9(2)15-16(4)10(12)3/h5,11,14H,1,6-8,13H2,2-4H3. The lowest BCUT2D eigenvalue weighted by Gasteiger charge is -2.15. The lowest BCUT2D eigenvalue weighted by atomic mass is 10.0. The van der Waals surface area contributed by atoms with Gasteiger partial charge in [-0.3, -0.25) is 16.0 Å². The van der Waals surface area contributed by atoms with Crippen LogP contribution in [0.4, 0.5) is 0 Å². The summed E-state index contributed by atoms with van der Waals surface area (Å²) in [6.45, 7) is 7.87. The highest BCUT2D eigenvalue weighted by Gasteiger charge is 2.14. The predicted molar refractivity (Wildman–Crippen MR) is 66.9 cm³/mol. The largest absolute Gasteiger partial charge is 0.272 e. The number of rotatable bonds is 6. The Morgan fingerprint density at radius 3 is 2.69 bits per heavy atom. The fourth-order valence-corrected chi connectivity index (χ4v) is 1.92. The van der Waals surface area contributed by atoms with Gasteiger partial charge in [-0.2, -0.15) is 5.10 Å². The average Bonchev–Trinajstić information content (AvgIpc) is 2.50. The van der Waals surface area contributed by atoms with Gasteiger partial charge in [0.25, 0.3) is 0 Å². The minimum atomic E-state index is 0.291. The Morgan fingerprint density at radius 2 is 2.25 bits per heavy atom. The van der Waals surface area contributed by atoms with E-state index in [9.17, 15) is 0 Å². The molecule has 0 amide bonds. The lowest BCUT2D eigenvalue weighted by molar-refractivity contribution is 0.493. The molecule has 4 heteroatoms. The van der Waals surface area contributed by atoms with E-state index in [1.807, 2.05) is 24.7 Å². The lowest BCUT2D eigenvalue weighted by Crippen LogP contribution is -2.36. The number of hydrogen-bond acceptors (Lipinski definition) is 3. The minimum absolute atomic E-state index is 0.291. The van der Waals surface area contributed by atoms with Crippen LogP contribution in [-0.2, 0) is 13.5 Å². The number of nitrogens with one attached hydrogen (secondary N) is 1. The van der Waals surface area contributed by atoms with Crippen molar-refractivity contribution in [1.82, 2.24) is 15.2 Å². The van der Waals surface area contributed by atoms with E-state index in [1.165, 1.54) is 11.3 Å². The molecule has 0 saturated heterocycles. The van der Waals surface area contributed by atoms with Gasteiger partial charge in [-0.15, -0.1) is 6.58 Å². The summed E-state index contributed by atoms with van der Waals surface area (Å²) in [6, 6.07) is 0.291. The molecule has 4 nitrogen and oxygen atoms in total.